The smallest absolute Gasteiger partial charge is 0.238 e. The van der Waals surface area contributed by atoms with Crippen molar-refractivity contribution in [3.05, 3.63) is 175 Å². The molecule has 0 saturated heterocycles. The fourth-order valence-electron chi connectivity index (χ4n) is 8.52. The maximum atomic E-state index is 8.94. The van der Waals surface area contributed by atoms with Crippen molar-refractivity contribution in [1.29, 1.82) is 0 Å². The summed E-state index contributed by atoms with van der Waals surface area (Å²) >= 11 is 0. The average Bonchev–Trinajstić information content (AvgIpc) is 3.85. The lowest BCUT2D eigenvalue weighted by Crippen LogP contribution is -2.14. The number of nitrogens with zero attached hydrogens (tertiary/aromatic N) is 5. The molecule has 5 heteroatoms. The fourth-order valence-corrected chi connectivity index (χ4v) is 8.52. The van der Waals surface area contributed by atoms with Crippen LogP contribution in [-0.2, 0) is 5.41 Å². The second-order valence-electron chi connectivity index (χ2n) is 14.1. The fraction of sp³-hybridized carbons (Fsp3) is 0.0625. The van der Waals surface area contributed by atoms with E-state index >= 15 is 0 Å². The summed E-state index contributed by atoms with van der Waals surface area (Å²) in [5.41, 5.74) is 10.0. The van der Waals surface area contributed by atoms with E-state index in [0.29, 0.717) is 5.82 Å². The van der Waals surface area contributed by atoms with Crippen LogP contribution in [-0.4, -0.2) is 24.1 Å². The highest BCUT2D eigenvalue weighted by molar-refractivity contribution is 6.28. The van der Waals surface area contributed by atoms with Gasteiger partial charge in [0.15, 0.2) is 11.6 Å². The minimum absolute atomic E-state index is 0.00841. The minimum atomic E-state index is -0.478. The molecule has 53 heavy (non-hydrogen) atoms. The quantitative estimate of drug-likeness (QED) is 0.185. The van der Waals surface area contributed by atoms with Crippen LogP contribution < -0.4 is 0 Å². The molecule has 250 valence electrons. The summed E-state index contributed by atoms with van der Waals surface area (Å²) in [6.07, 6.45) is 0. The van der Waals surface area contributed by atoms with Crippen LogP contribution >= 0.6 is 0 Å². The molecule has 3 heterocycles. The number of hydrogen-bond donors (Lipinski definition) is 0. The van der Waals surface area contributed by atoms with Gasteiger partial charge in [0.05, 0.1) is 28.9 Å². The van der Waals surface area contributed by atoms with Crippen molar-refractivity contribution < 1.29 is 6.85 Å². The number of fused-ring (bicyclic) bond motifs is 10. The molecular weight excluding hydrogens is 647 g/mol. The van der Waals surface area contributed by atoms with Gasteiger partial charge in [-0.15, -0.1) is 0 Å². The minimum Gasteiger partial charge on any atom is -0.309 e. The van der Waals surface area contributed by atoms with Crippen LogP contribution in [0.15, 0.2) is 164 Å². The van der Waals surface area contributed by atoms with Crippen LogP contribution in [0.1, 0.15) is 31.8 Å². The molecule has 0 radical (unpaired) electrons. The molecule has 0 N–H and O–H groups in total. The summed E-state index contributed by atoms with van der Waals surface area (Å²) < 4.78 is 47.5. The van der Waals surface area contributed by atoms with Gasteiger partial charge in [0, 0.05) is 43.8 Å². The van der Waals surface area contributed by atoms with Crippen molar-refractivity contribution in [2.24, 2.45) is 0 Å². The molecule has 0 atom stereocenters. The second-order valence-corrected chi connectivity index (χ2v) is 14.1. The van der Waals surface area contributed by atoms with Gasteiger partial charge in [-0.3, -0.25) is 4.57 Å². The first-order valence-corrected chi connectivity index (χ1v) is 17.7. The molecule has 0 bridgehead atoms. The molecule has 1 aliphatic carbocycles. The predicted octanol–water partition coefficient (Wildman–Crippen LogP) is 11.7. The zero-order chi connectivity index (χ0) is 39.6. The van der Waals surface area contributed by atoms with E-state index in [1.54, 1.807) is 0 Å². The van der Waals surface area contributed by atoms with E-state index in [0.717, 1.165) is 66.0 Å². The third kappa shape index (κ3) is 4.28. The van der Waals surface area contributed by atoms with E-state index in [9.17, 15) is 0 Å². The molecule has 3 aromatic heterocycles. The van der Waals surface area contributed by atoms with Crippen LogP contribution in [0.5, 0.6) is 0 Å². The second kappa shape index (κ2) is 11.1. The molecule has 0 unspecified atom stereocenters. The van der Waals surface area contributed by atoms with E-state index in [2.05, 4.69) is 103 Å². The van der Waals surface area contributed by atoms with Gasteiger partial charge in [0.1, 0.15) is 0 Å². The van der Waals surface area contributed by atoms with E-state index in [1.807, 2.05) is 53.1 Å². The average molecular weight is 685 g/mol. The topological polar surface area (TPSA) is 48.5 Å². The van der Waals surface area contributed by atoms with Gasteiger partial charge in [0.2, 0.25) is 5.95 Å². The first-order valence-electron chi connectivity index (χ1n) is 20.2. The highest BCUT2D eigenvalue weighted by Gasteiger charge is 2.35. The van der Waals surface area contributed by atoms with E-state index < -0.39 is 18.1 Å². The van der Waals surface area contributed by atoms with Crippen LogP contribution in [0.3, 0.4) is 0 Å². The Morgan fingerprint density at radius 2 is 1.08 bits per heavy atom. The molecule has 0 fully saturated rings. The van der Waals surface area contributed by atoms with Crippen molar-refractivity contribution >= 4 is 43.6 Å². The Labute approximate surface area is 313 Å². The van der Waals surface area contributed by atoms with Gasteiger partial charge in [-0.2, -0.15) is 9.97 Å². The Morgan fingerprint density at radius 1 is 0.491 bits per heavy atom. The summed E-state index contributed by atoms with van der Waals surface area (Å²) in [5, 5.41) is 4.22. The van der Waals surface area contributed by atoms with Crippen molar-refractivity contribution in [1.82, 2.24) is 24.1 Å². The Morgan fingerprint density at radius 3 is 1.81 bits per heavy atom. The molecule has 11 rings (SSSR count). The number of rotatable bonds is 4. The van der Waals surface area contributed by atoms with Crippen molar-refractivity contribution in [2.75, 3.05) is 0 Å². The van der Waals surface area contributed by atoms with Gasteiger partial charge in [-0.1, -0.05) is 135 Å². The number of benzene rings is 7. The van der Waals surface area contributed by atoms with E-state index in [-0.39, 0.29) is 34.8 Å². The summed E-state index contributed by atoms with van der Waals surface area (Å²) in [6.45, 7) is 4.46. The van der Waals surface area contributed by atoms with Crippen LogP contribution in [0.25, 0.3) is 89.2 Å². The number of aromatic nitrogens is 5. The highest BCUT2D eigenvalue weighted by atomic mass is 15.2. The molecule has 0 amide bonds. The predicted molar refractivity (Wildman–Crippen MR) is 217 cm³/mol. The third-order valence-electron chi connectivity index (χ3n) is 10.9. The molecule has 1 aliphatic rings. The van der Waals surface area contributed by atoms with Gasteiger partial charge in [-0.05, 0) is 64.7 Å². The maximum absolute atomic E-state index is 8.94. The molecule has 5 nitrogen and oxygen atoms in total. The molecule has 0 aliphatic heterocycles. The van der Waals surface area contributed by atoms with Gasteiger partial charge in [0.25, 0.3) is 0 Å². The highest BCUT2D eigenvalue weighted by Crippen LogP contribution is 2.49. The molecule has 10 aromatic rings. The molecule has 0 saturated carbocycles. The Balaban J connectivity index is 1.24. The van der Waals surface area contributed by atoms with Crippen molar-refractivity contribution in [3.63, 3.8) is 0 Å². The normalized spacial score (nSPS) is 14.6. The lowest BCUT2D eigenvalue weighted by atomic mass is 9.82. The van der Waals surface area contributed by atoms with Crippen LogP contribution in [0, 0.1) is 0 Å². The van der Waals surface area contributed by atoms with E-state index in [4.69, 9.17) is 21.8 Å². The summed E-state index contributed by atoms with van der Waals surface area (Å²) in [5.74, 6) is 0.584. The van der Waals surface area contributed by atoms with Crippen LogP contribution in [0.2, 0.25) is 0 Å². The Kier molecular flexibility index (Phi) is 5.26. The lowest BCUT2D eigenvalue weighted by molar-refractivity contribution is 0.660. The third-order valence-corrected chi connectivity index (χ3v) is 10.9. The lowest BCUT2D eigenvalue weighted by Gasteiger charge is -2.21. The zero-order valence-corrected chi connectivity index (χ0v) is 28.9. The number of para-hydroxylation sites is 3. The molecular formula is C48H33N5. The largest absolute Gasteiger partial charge is 0.309 e. The van der Waals surface area contributed by atoms with Gasteiger partial charge in [-0.25, -0.2) is 4.98 Å². The van der Waals surface area contributed by atoms with Crippen molar-refractivity contribution in [3.8, 4) is 45.5 Å². The molecule has 0 spiro atoms. The van der Waals surface area contributed by atoms with Crippen molar-refractivity contribution in [2.45, 2.75) is 19.3 Å². The van der Waals surface area contributed by atoms with Crippen LogP contribution in [0.4, 0.5) is 0 Å². The van der Waals surface area contributed by atoms with Gasteiger partial charge >= 0.3 is 0 Å². The monoisotopic (exact) mass is 684 g/mol. The first-order chi connectivity index (χ1) is 28.1. The SMILES string of the molecule is [2H]c1c([2H])c([2H])c(-c2nc(-c3ccc4c(c3)-c3ccccc3C4(C)C)nc(-n3c4ccccc4c4c5c6ccccc6n(-c6ccccc6)c5ccc43)n2)c([2H])c1[2H]. The Hall–Kier alpha value is -6.85. The zero-order valence-electron chi connectivity index (χ0n) is 33.9. The standard InChI is InChI=1S/C48H33N5/c1-48(2)37-22-12-9-19-33(37)36-29-31(25-26-38(36)48)46-49-45(30-15-5-3-6-16-30)50-47(51-46)53-40-24-14-11-21-35(40)44-42(53)28-27-41-43(44)34-20-10-13-23-39(34)52(41)32-17-7-4-8-18-32/h3-29H,1-2H3/i3D,5D,6D,15D,16D. The number of hydrogen-bond acceptors (Lipinski definition) is 3. The Bertz CT molecular complexity index is 3360. The maximum Gasteiger partial charge on any atom is 0.238 e. The summed E-state index contributed by atoms with van der Waals surface area (Å²) in [7, 11) is 0. The van der Waals surface area contributed by atoms with E-state index in [1.165, 1.54) is 11.1 Å². The summed E-state index contributed by atoms with van der Waals surface area (Å²) in [4.78, 5) is 15.1. The molecule has 7 aromatic carbocycles. The summed E-state index contributed by atoms with van der Waals surface area (Å²) in [6, 6.07) is 43.7. The first kappa shape index (κ1) is 25.2. The van der Waals surface area contributed by atoms with Gasteiger partial charge < -0.3 is 4.57 Å².